The lowest BCUT2D eigenvalue weighted by atomic mass is 10.0. The molecule has 0 aliphatic heterocycles. The number of hydrogen-bond acceptors (Lipinski definition) is 0. The van der Waals surface area contributed by atoms with Crippen LogP contribution in [0.4, 0.5) is 0 Å². The molecular formula is C55H39NSi. The van der Waals surface area contributed by atoms with Gasteiger partial charge in [0, 0.05) is 16.5 Å². The van der Waals surface area contributed by atoms with Crippen molar-refractivity contribution in [3.63, 3.8) is 0 Å². The van der Waals surface area contributed by atoms with Crippen LogP contribution in [-0.4, -0.2) is 12.6 Å². The molecule has 0 N–H and O–H groups in total. The highest BCUT2D eigenvalue weighted by Crippen LogP contribution is 2.33. The summed E-state index contributed by atoms with van der Waals surface area (Å²) in [5.41, 5.74) is 7.43. The first-order valence-corrected chi connectivity index (χ1v) is 22.1. The van der Waals surface area contributed by atoms with Crippen molar-refractivity contribution in [3.8, 4) is 16.8 Å². The Balaban J connectivity index is 1.08. The highest BCUT2D eigenvalue weighted by atomic mass is 28.3. The van der Waals surface area contributed by atoms with Crippen LogP contribution < -0.4 is 15.6 Å². The van der Waals surface area contributed by atoms with Crippen molar-refractivity contribution in [2.45, 2.75) is 6.04 Å². The average Bonchev–Trinajstić information content (AvgIpc) is 3.62. The van der Waals surface area contributed by atoms with Crippen molar-refractivity contribution in [2.24, 2.45) is 0 Å². The van der Waals surface area contributed by atoms with Crippen LogP contribution in [0.15, 0.2) is 224 Å². The fraction of sp³-hybridized carbons (Fsp3) is 0.0182. The first kappa shape index (κ1) is 33.3. The van der Waals surface area contributed by atoms with Gasteiger partial charge in [0.25, 0.3) is 0 Å². The Hall–Kier alpha value is -7.00. The Bertz CT molecular complexity index is 3040. The van der Waals surface area contributed by atoms with Crippen LogP contribution in [0, 0.1) is 0 Å². The summed E-state index contributed by atoms with van der Waals surface area (Å²) in [6.07, 6.45) is 0. The van der Waals surface area contributed by atoms with Crippen LogP contribution in [0.25, 0.3) is 70.9 Å². The minimum absolute atomic E-state index is 0.926. The maximum atomic E-state index is 2.49. The van der Waals surface area contributed by atoms with Gasteiger partial charge in [-0.15, -0.1) is 0 Å². The number of rotatable bonds is 7. The molecule has 1 aromatic heterocycles. The molecule has 11 rings (SSSR count). The number of aromatic nitrogens is 1. The maximum absolute atomic E-state index is 2.74. The van der Waals surface area contributed by atoms with E-state index in [0.717, 1.165) is 6.04 Å². The van der Waals surface area contributed by atoms with Crippen molar-refractivity contribution in [3.05, 3.63) is 230 Å². The molecule has 0 unspecified atom stereocenters. The van der Waals surface area contributed by atoms with Crippen molar-refractivity contribution in [1.29, 1.82) is 0 Å². The second-order valence-corrected chi connectivity index (χ2v) is 19.3. The molecule has 0 amide bonds. The van der Waals surface area contributed by atoms with E-state index in [1.165, 1.54) is 92.1 Å². The molecule has 0 atom stereocenters. The highest BCUT2D eigenvalue weighted by molar-refractivity contribution is 7.11. The van der Waals surface area contributed by atoms with Gasteiger partial charge in [0.2, 0.25) is 0 Å². The molecule has 2 heteroatoms. The summed E-state index contributed by atoms with van der Waals surface area (Å²) in [4.78, 5) is 0. The SMILES string of the molecule is c1cc(C[Si](c2ccc3ccccc3c2)(c2ccc3ccccc3c2)c2ccc3ccccc3c2)cc(-c2ccc(-n3c4ccccc4c4ccccc43)cc2)c1. The third-order valence-electron chi connectivity index (χ3n) is 12.2. The quantitative estimate of drug-likeness (QED) is 0.113. The van der Waals surface area contributed by atoms with Gasteiger partial charge in [0.15, 0.2) is 8.07 Å². The largest absolute Gasteiger partial charge is 0.309 e. The second-order valence-electron chi connectivity index (χ2n) is 15.4. The number of fused-ring (bicyclic) bond motifs is 6. The van der Waals surface area contributed by atoms with E-state index in [1.807, 2.05) is 0 Å². The molecular weight excluding hydrogens is 703 g/mol. The van der Waals surface area contributed by atoms with Gasteiger partial charge in [-0.3, -0.25) is 0 Å². The average molecular weight is 742 g/mol. The minimum atomic E-state index is -2.74. The zero-order valence-corrected chi connectivity index (χ0v) is 32.5. The van der Waals surface area contributed by atoms with Gasteiger partial charge in [0.05, 0.1) is 11.0 Å². The summed E-state index contributed by atoms with van der Waals surface area (Å²) < 4.78 is 2.39. The third-order valence-corrected chi connectivity index (χ3v) is 17.0. The van der Waals surface area contributed by atoms with Crippen LogP contribution in [-0.2, 0) is 6.04 Å². The summed E-state index contributed by atoms with van der Waals surface area (Å²) in [6, 6.07) is 85.0. The summed E-state index contributed by atoms with van der Waals surface area (Å²) in [7, 11) is -2.74. The van der Waals surface area contributed by atoms with Crippen LogP contribution >= 0.6 is 0 Å². The van der Waals surface area contributed by atoms with E-state index < -0.39 is 8.07 Å². The van der Waals surface area contributed by atoms with Crippen LogP contribution in [0.1, 0.15) is 5.56 Å². The number of para-hydroxylation sites is 2. The van der Waals surface area contributed by atoms with Crippen molar-refractivity contribution >= 4 is 77.8 Å². The smallest absolute Gasteiger partial charge is 0.152 e. The zero-order valence-electron chi connectivity index (χ0n) is 31.5. The van der Waals surface area contributed by atoms with Gasteiger partial charge in [-0.2, -0.15) is 0 Å². The first-order chi connectivity index (χ1) is 28.2. The Morgan fingerprint density at radius 1 is 0.316 bits per heavy atom. The lowest BCUT2D eigenvalue weighted by molar-refractivity contribution is 1.18. The van der Waals surface area contributed by atoms with Gasteiger partial charge >= 0.3 is 0 Å². The van der Waals surface area contributed by atoms with E-state index in [0.29, 0.717) is 0 Å². The van der Waals surface area contributed by atoms with Gasteiger partial charge in [-0.1, -0.05) is 200 Å². The van der Waals surface area contributed by atoms with Gasteiger partial charge in [-0.25, -0.2) is 0 Å². The number of hydrogen-bond donors (Lipinski definition) is 0. The zero-order chi connectivity index (χ0) is 37.8. The molecule has 10 aromatic carbocycles. The monoisotopic (exact) mass is 741 g/mol. The van der Waals surface area contributed by atoms with E-state index in [9.17, 15) is 0 Å². The predicted octanol–water partition coefficient (Wildman–Crippen LogP) is 12.2. The lowest BCUT2D eigenvalue weighted by Crippen LogP contribution is -2.69. The molecule has 0 radical (unpaired) electrons. The second kappa shape index (κ2) is 13.6. The fourth-order valence-corrected chi connectivity index (χ4v) is 14.1. The topological polar surface area (TPSA) is 4.93 Å². The number of nitrogens with zero attached hydrogens (tertiary/aromatic N) is 1. The van der Waals surface area contributed by atoms with E-state index in [-0.39, 0.29) is 0 Å². The Morgan fingerprint density at radius 2 is 0.754 bits per heavy atom. The summed E-state index contributed by atoms with van der Waals surface area (Å²) in [5, 5.41) is 14.5. The van der Waals surface area contributed by atoms with Gasteiger partial charge in [-0.05, 0) is 94.9 Å². The molecule has 1 nitrogen and oxygen atoms in total. The molecule has 0 saturated carbocycles. The van der Waals surface area contributed by atoms with E-state index >= 15 is 0 Å². The van der Waals surface area contributed by atoms with E-state index in [1.54, 1.807) is 0 Å². The summed E-state index contributed by atoms with van der Waals surface area (Å²) >= 11 is 0. The molecule has 11 aromatic rings. The van der Waals surface area contributed by atoms with Crippen molar-refractivity contribution in [2.75, 3.05) is 0 Å². The molecule has 268 valence electrons. The predicted molar refractivity (Wildman–Crippen MR) is 246 cm³/mol. The molecule has 1 heterocycles. The first-order valence-electron chi connectivity index (χ1n) is 19.9. The highest BCUT2D eigenvalue weighted by Gasteiger charge is 2.40. The molecule has 0 aliphatic rings. The Kier molecular flexibility index (Phi) is 7.97. The fourth-order valence-electron chi connectivity index (χ4n) is 9.34. The van der Waals surface area contributed by atoms with Crippen LogP contribution in [0.5, 0.6) is 0 Å². The van der Waals surface area contributed by atoms with Gasteiger partial charge in [0.1, 0.15) is 0 Å². The van der Waals surface area contributed by atoms with E-state index in [2.05, 4.69) is 229 Å². The van der Waals surface area contributed by atoms with Crippen molar-refractivity contribution in [1.82, 2.24) is 4.57 Å². The lowest BCUT2D eigenvalue weighted by Gasteiger charge is -2.35. The molecule has 0 aliphatic carbocycles. The molecule has 0 bridgehead atoms. The van der Waals surface area contributed by atoms with Crippen LogP contribution in [0.2, 0.25) is 0 Å². The minimum Gasteiger partial charge on any atom is -0.309 e. The molecule has 0 spiro atoms. The Labute approximate surface area is 333 Å². The van der Waals surface area contributed by atoms with E-state index in [4.69, 9.17) is 0 Å². The van der Waals surface area contributed by atoms with Crippen molar-refractivity contribution < 1.29 is 0 Å². The molecule has 57 heavy (non-hydrogen) atoms. The molecule has 0 saturated heterocycles. The standard InChI is InChI=1S/C55H39NSi/c1-4-16-45-35-49(31-26-40(45)13-1)57(50-32-27-41-14-2-5-17-46(41)36-50,51-33-28-42-15-3-6-18-47(42)37-51)38-39-12-11-19-44(34-39)43-24-29-48(30-25-43)56-54-22-9-7-20-52(54)53-21-8-10-23-55(53)56/h1-37H,38H2. The normalized spacial score (nSPS) is 11.9. The molecule has 0 fully saturated rings. The Morgan fingerprint density at radius 3 is 1.25 bits per heavy atom. The third kappa shape index (κ3) is 5.68. The maximum Gasteiger partial charge on any atom is 0.152 e. The van der Waals surface area contributed by atoms with Gasteiger partial charge < -0.3 is 4.57 Å². The summed E-state index contributed by atoms with van der Waals surface area (Å²) in [5.74, 6) is 0. The number of benzene rings is 10. The summed E-state index contributed by atoms with van der Waals surface area (Å²) in [6.45, 7) is 0. The van der Waals surface area contributed by atoms with Crippen LogP contribution in [0.3, 0.4) is 0 Å².